The normalized spacial score (nSPS) is 12.5. The van der Waals surface area contributed by atoms with Gasteiger partial charge in [0.05, 0.1) is 22.4 Å². The van der Waals surface area contributed by atoms with Gasteiger partial charge in [-0.15, -0.1) is 0 Å². The summed E-state index contributed by atoms with van der Waals surface area (Å²) < 4.78 is 2.06. The molecule has 0 amide bonds. The SMILES string of the molecule is Cn1cc(CC(C(=O)O)N(Cc2ccc3ccccc3n2)Cc2ccc3ccccc3n2)c2ccccc21. The van der Waals surface area contributed by atoms with Crippen LogP contribution in [0.4, 0.5) is 0 Å². The molecule has 6 nitrogen and oxygen atoms in total. The van der Waals surface area contributed by atoms with Crippen molar-refractivity contribution in [1.29, 1.82) is 0 Å². The van der Waals surface area contributed by atoms with Gasteiger partial charge in [-0.1, -0.05) is 66.7 Å². The fourth-order valence-corrected chi connectivity index (χ4v) is 5.25. The number of aliphatic carboxylic acids is 1. The molecule has 0 aliphatic rings. The topological polar surface area (TPSA) is 71.2 Å². The van der Waals surface area contributed by atoms with Gasteiger partial charge in [0.2, 0.25) is 0 Å². The molecule has 0 radical (unpaired) electrons. The molecule has 0 bridgehead atoms. The van der Waals surface area contributed by atoms with Gasteiger partial charge in [0.1, 0.15) is 6.04 Å². The van der Waals surface area contributed by atoms with Crippen molar-refractivity contribution < 1.29 is 9.90 Å². The van der Waals surface area contributed by atoms with Crippen molar-refractivity contribution in [3.63, 3.8) is 0 Å². The Bertz CT molecular complexity index is 1690. The number of carboxylic acids is 1. The molecule has 3 heterocycles. The quantitative estimate of drug-likeness (QED) is 0.279. The lowest BCUT2D eigenvalue weighted by Gasteiger charge is -2.28. The summed E-state index contributed by atoms with van der Waals surface area (Å²) in [6.45, 7) is 0.780. The maximum absolute atomic E-state index is 12.8. The van der Waals surface area contributed by atoms with Gasteiger partial charge in [0, 0.05) is 54.4 Å². The lowest BCUT2D eigenvalue weighted by molar-refractivity contribution is -0.143. The highest BCUT2D eigenvalue weighted by Gasteiger charge is 2.28. The third kappa shape index (κ3) is 4.74. The summed E-state index contributed by atoms with van der Waals surface area (Å²) in [5.74, 6) is -0.862. The van der Waals surface area contributed by atoms with Crippen molar-refractivity contribution in [2.45, 2.75) is 25.6 Å². The van der Waals surface area contributed by atoms with E-state index in [1.807, 2.05) is 103 Å². The second kappa shape index (κ2) is 10.1. The van der Waals surface area contributed by atoms with Gasteiger partial charge < -0.3 is 9.67 Å². The third-order valence-electron chi connectivity index (χ3n) is 7.16. The average Bonchev–Trinajstić information content (AvgIpc) is 3.26. The lowest BCUT2D eigenvalue weighted by Crippen LogP contribution is -2.42. The molecule has 3 aromatic heterocycles. The number of aromatic nitrogens is 3. The summed E-state index contributed by atoms with van der Waals surface area (Å²) in [6, 6.07) is 31.4. The van der Waals surface area contributed by atoms with E-state index < -0.39 is 12.0 Å². The maximum atomic E-state index is 12.8. The van der Waals surface area contributed by atoms with Gasteiger partial charge in [-0.2, -0.15) is 0 Å². The zero-order valence-corrected chi connectivity index (χ0v) is 21.2. The Labute approximate surface area is 220 Å². The first-order valence-electron chi connectivity index (χ1n) is 12.7. The second-order valence-corrected chi connectivity index (χ2v) is 9.74. The number of aryl methyl sites for hydroxylation is 1. The second-order valence-electron chi connectivity index (χ2n) is 9.74. The minimum Gasteiger partial charge on any atom is -0.480 e. The number of rotatable bonds is 8. The Morgan fingerprint density at radius 1 is 0.789 bits per heavy atom. The van der Waals surface area contributed by atoms with E-state index in [1.165, 1.54) is 0 Å². The molecule has 0 fully saturated rings. The van der Waals surface area contributed by atoms with E-state index in [2.05, 4.69) is 16.7 Å². The van der Waals surface area contributed by atoms with E-state index in [4.69, 9.17) is 9.97 Å². The molecule has 6 aromatic rings. The largest absolute Gasteiger partial charge is 0.480 e. The van der Waals surface area contributed by atoms with E-state index in [0.29, 0.717) is 19.5 Å². The number of hydrogen-bond donors (Lipinski definition) is 1. The molecule has 3 aromatic carbocycles. The first-order chi connectivity index (χ1) is 18.5. The van der Waals surface area contributed by atoms with Gasteiger partial charge >= 0.3 is 5.97 Å². The Morgan fingerprint density at radius 2 is 1.34 bits per heavy atom. The van der Waals surface area contributed by atoms with Crippen molar-refractivity contribution in [3.05, 3.63) is 120 Å². The number of carboxylic acid groups (broad SMARTS) is 1. The number of pyridine rings is 2. The van der Waals surface area contributed by atoms with Crippen LogP contribution in [-0.2, 0) is 31.4 Å². The molecule has 0 spiro atoms. The van der Waals surface area contributed by atoms with Gasteiger partial charge in [0.15, 0.2) is 0 Å². The van der Waals surface area contributed by atoms with Crippen molar-refractivity contribution in [3.8, 4) is 0 Å². The van der Waals surface area contributed by atoms with Crippen LogP contribution >= 0.6 is 0 Å². The van der Waals surface area contributed by atoms with E-state index in [-0.39, 0.29) is 0 Å². The van der Waals surface area contributed by atoms with Crippen LogP contribution in [0.1, 0.15) is 17.0 Å². The predicted molar refractivity (Wildman–Crippen MR) is 151 cm³/mol. The summed E-state index contributed by atoms with van der Waals surface area (Å²) in [7, 11) is 2.00. The summed E-state index contributed by atoms with van der Waals surface area (Å²) >= 11 is 0. The number of para-hydroxylation sites is 3. The average molecular weight is 501 g/mol. The Morgan fingerprint density at radius 3 is 1.95 bits per heavy atom. The molecule has 188 valence electrons. The molecular weight excluding hydrogens is 472 g/mol. The lowest BCUT2D eigenvalue weighted by atomic mass is 10.0. The molecule has 6 rings (SSSR count). The van der Waals surface area contributed by atoms with E-state index in [0.717, 1.165) is 49.7 Å². The zero-order valence-electron chi connectivity index (χ0n) is 21.2. The predicted octanol–water partition coefficient (Wildman–Crippen LogP) is 5.97. The molecule has 1 N–H and O–H groups in total. The minimum atomic E-state index is -0.862. The Kier molecular flexibility index (Phi) is 6.32. The molecular formula is C32H28N4O2. The summed E-state index contributed by atoms with van der Waals surface area (Å²) in [5, 5.41) is 13.7. The standard InChI is InChI=1S/C32H28N4O2/c1-35-19-24(27-10-4-7-13-30(27)35)18-31(32(37)38)36(20-25-16-14-22-8-2-5-11-28(22)33-25)21-26-17-15-23-9-3-6-12-29(23)34-26/h2-17,19,31H,18,20-21H2,1H3,(H,37,38). The van der Waals surface area contributed by atoms with Crippen molar-refractivity contribution >= 4 is 38.7 Å². The first-order valence-corrected chi connectivity index (χ1v) is 12.7. The summed E-state index contributed by atoms with van der Waals surface area (Å²) in [5.41, 5.74) is 5.55. The number of carbonyl (C=O) groups is 1. The number of fused-ring (bicyclic) bond motifs is 3. The summed E-state index contributed by atoms with van der Waals surface area (Å²) in [6.07, 6.45) is 2.42. The smallest absolute Gasteiger partial charge is 0.321 e. The van der Waals surface area contributed by atoms with Crippen LogP contribution < -0.4 is 0 Å². The van der Waals surface area contributed by atoms with E-state index >= 15 is 0 Å². The van der Waals surface area contributed by atoms with E-state index in [1.54, 1.807) is 0 Å². The molecule has 0 saturated heterocycles. The van der Waals surface area contributed by atoms with E-state index in [9.17, 15) is 9.90 Å². The molecule has 0 aliphatic carbocycles. The molecule has 0 aliphatic heterocycles. The molecule has 1 unspecified atom stereocenters. The van der Waals surface area contributed by atoms with Gasteiger partial charge in [-0.25, -0.2) is 0 Å². The van der Waals surface area contributed by atoms with Gasteiger partial charge in [-0.3, -0.25) is 19.7 Å². The fourth-order valence-electron chi connectivity index (χ4n) is 5.25. The number of hydrogen-bond acceptors (Lipinski definition) is 4. The van der Waals surface area contributed by atoms with Crippen LogP contribution in [-0.4, -0.2) is 36.6 Å². The third-order valence-corrected chi connectivity index (χ3v) is 7.16. The maximum Gasteiger partial charge on any atom is 0.321 e. The van der Waals surface area contributed by atoms with Crippen LogP contribution in [0, 0.1) is 0 Å². The van der Waals surface area contributed by atoms with Crippen LogP contribution in [0.3, 0.4) is 0 Å². The number of benzene rings is 3. The molecule has 1 atom stereocenters. The Hall–Kier alpha value is -4.55. The van der Waals surface area contributed by atoms with Crippen LogP contribution in [0.25, 0.3) is 32.7 Å². The number of nitrogens with zero attached hydrogens (tertiary/aromatic N) is 4. The first kappa shape index (κ1) is 23.8. The van der Waals surface area contributed by atoms with Gasteiger partial charge in [-0.05, 0) is 35.9 Å². The highest BCUT2D eigenvalue weighted by molar-refractivity contribution is 5.85. The van der Waals surface area contributed by atoms with Crippen LogP contribution in [0.5, 0.6) is 0 Å². The van der Waals surface area contributed by atoms with Crippen molar-refractivity contribution in [1.82, 2.24) is 19.4 Å². The Balaban J connectivity index is 1.39. The van der Waals surface area contributed by atoms with Crippen LogP contribution in [0.15, 0.2) is 103 Å². The van der Waals surface area contributed by atoms with Crippen molar-refractivity contribution in [2.75, 3.05) is 0 Å². The zero-order chi connectivity index (χ0) is 26.1. The highest BCUT2D eigenvalue weighted by atomic mass is 16.4. The van der Waals surface area contributed by atoms with Gasteiger partial charge in [0.25, 0.3) is 0 Å². The van der Waals surface area contributed by atoms with Crippen molar-refractivity contribution in [2.24, 2.45) is 7.05 Å². The molecule has 6 heteroatoms. The highest BCUT2D eigenvalue weighted by Crippen LogP contribution is 2.25. The molecule has 38 heavy (non-hydrogen) atoms. The fraction of sp³-hybridized carbons (Fsp3) is 0.156. The summed E-state index contributed by atoms with van der Waals surface area (Å²) in [4.78, 5) is 24.5. The monoisotopic (exact) mass is 500 g/mol. The molecule has 0 saturated carbocycles. The minimum absolute atomic E-state index is 0.373. The van der Waals surface area contributed by atoms with Crippen LogP contribution in [0.2, 0.25) is 0 Å².